The molecule has 2 aromatic rings. The molecular weight excluding hydrogens is 374 g/mol. The largest absolute Gasteiger partial charge is 0.337 e. The van der Waals surface area contributed by atoms with E-state index in [0.717, 1.165) is 25.7 Å². The smallest absolute Gasteiger partial charge is 0.315 e. The normalized spacial score (nSPS) is 17.1. The number of carbonyl (C=O) groups excluding carboxylic acids is 1. The third kappa shape index (κ3) is 4.72. The number of sulfonamides is 1. The van der Waals surface area contributed by atoms with E-state index in [1.165, 1.54) is 17.7 Å². The molecule has 150 valence electrons. The van der Waals surface area contributed by atoms with Gasteiger partial charge in [-0.2, -0.15) is 0 Å². The summed E-state index contributed by atoms with van der Waals surface area (Å²) in [6, 6.07) is 16.0. The van der Waals surface area contributed by atoms with E-state index in [1.54, 1.807) is 12.1 Å². The maximum absolute atomic E-state index is 12.5. The van der Waals surface area contributed by atoms with Crippen molar-refractivity contribution in [2.24, 2.45) is 5.14 Å². The van der Waals surface area contributed by atoms with Crippen LogP contribution in [0.15, 0.2) is 59.5 Å². The minimum atomic E-state index is -3.78. The second kappa shape index (κ2) is 8.32. The van der Waals surface area contributed by atoms with Gasteiger partial charge in [0.15, 0.2) is 0 Å². The first-order valence-electron chi connectivity index (χ1n) is 9.53. The molecule has 0 bridgehead atoms. The van der Waals surface area contributed by atoms with Gasteiger partial charge in [-0.15, -0.1) is 0 Å². The van der Waals surface area contributed by atoms with Gasteiger partial charge < -0.3 is 10.6 Å². The first kappa shape index (κ1) is 20.4. The zero-order valence-corrected chi connectivity index (χ0v) is 16.8. The van der Waals surface area contributed by atoms with Crippen molar-refractivity contribution in [3.8, 4) is 0 Å². The molecule has 6 nitrogen and oxygen atoms in total. The molecule has 1 atom stereocenters. The van der Waals surface area contributed by atoms with E-state index in [4.69, 9.17) is 5.14 Å². The Kier molecular flexibility index (Phi) is 6.05. The topological polar surface area (TPSA) is 101 Å². The van der Waals surface area contributed by atoms with E-state index >= 15 is 0 Å². The van der Waals surface area contributed by atoms with Gasteiger partial charge in [0.05, 0.1) is 10.9 Å². The van der Waals surface area contributed by atoms with Crippen LogP contribution in [-0.4, -0.2) is 21.0 Å². The van der Waals surface area contributed by atoms with Crippen molar-refractivity contribution in [2.75, 3.05) is 6.54 Å². The number of carbonyl (C=O) groups is 1. The predicted molar refractivity (Wildman–Crippen MR) is 109 cm³/mol. The quantitative estimate of drug-likeness (QED) is 0.693. The molecule has 0 radical (unpaired) electrons. The van der Waals surface area contributed by atoms with Crippen LogP contribution in [0.3, 0.4) is 0 Å². The Morgan fingerprint density at radius 3 is 2.43 bits per heavy atom. The van der Waals surface area contributed by atoms with Crippen LogP contribution in [0.4, 0.5) is 4.79 Å². The predicted octanol–water partition coefficient (Wildman–Crippen LogP) is 3.21. The number of amides is 2. The number of benzene rings is 2. The van der Waals surface area contributed by atoms with E-state index in [1.807, 2.05) is 25.1 Å². The van der Waals surface area contributed by atoms with Gasteiger partial charge in [0.1, 0.15) is 0 Å². The molecule has 0 aliphatic heterocycles. The molecule has 1 aliphatic carbocycles. The van der Waals surface area contributed by atoms with Gasteiger partial charge in [-0.1, -0.05) is 55.3 Å². The number of nitrogens with one attached hydrogen (secondary N) is 2. The van der Waals surface area contributed by atoms with Gasteiger partial charge in [0, 0.05) is 12.0 Å². The third-order valence-electron chi connectivity index (χ3n) is 5.57. The molecule has 2 aromatic carbocycles. The van der Waals surface area contributed by atoms with Crippen LogP contribution < -0.4 is 15.8 Å². The minimum absolute atomic E-state index is 0.0185. The minimum Gasteiger partial charge on any atom is -0.337 e. The molecule has 3 rings (SSSR count). The van der Waals surface area contributed by atoms with Gasteiger partial charge in [-0.3, -0.25) is 0 Å². The molecule has 1 aliphatic rings. The molecule has 28 heavy (non-hydrogen) atoms. The molecule has 1 fully saturated rings. The van der Waals surface area contributed by atoms with E-state index in [2.05, 4.69) is 22.8 Å². The average molecular weight is 402 g/mol. The van der Waals surface area contributed by atoms with Crippen molar-refractivity contribution in [2.45, 2.75) is 49.0 Å². The van der Waals surface area contributed by atoms with E-state index in [0.29, 0.717) is 12.1 Å². The lowest BCUT2D eigenvalue weighted by Gasteiger charge is -2.30. The molecule has 1 saturated carbocycles. The van der Waals surface area contributed by atoms with Crippen molar-refractivity contribution < 1.29 is 13.2 Å². The Morgan fingerprint density at radius 1 is 1.11 bits per heavy atom. The highest BCUT2D eigenvalue weighted by Gasteiger charge is 2.35. The summed E-state index contributed by atoms with van der Waals surface area (Å²) >= 11 is 0. The zero-order chi connectivity index (χ0) is 20.2. The molecule has 1 unspecified atom stereocenters. The number of hydrogen-bond acceptors (Lipinski definition) is 3. The molecule has 4 N–H and O–H groups in total. The first-order chi connectivity index (χ1) is 13.3. The highest BCUT2D eigenvalue weighted by atomic mass is 32.2. The Labute approximate surface area is 166 Å². The summed E-state index contributed by atoms with van der Waals surface area (Å²) in [6.45, 7) is 2.39. The van der Waals surface area contributed by atoms with Crippen molar-refractivity contribution in [3.63, 3.8) is 0 Å². The fourth-order valence-corrected chi connectivity index (χ4v) is 4.52. The summed E-state index contributed by atoms with van der Waals surface area (Å²) in [5, 5.41) is 11.1. The monoisotopic (exact) mass is 401 g/mol. The number of urea groups is 1. The van der Waals surface area contributed by atoms with E-state index in [-0.39, 0.29) is 22.4 Å². The van der Waals surface area contributed by atoms with Gasteiger partial charge in [-0.05, 0) is 43.0 Å². The second-order valence-electron chi connectivity index (χ2n) is 7.52. The molecule has 0 spiro atoms. The lowest BCUT2D eigenvalue weighted by Crippen LogP contribution is -2.44. The summed E-state index contributed by atoms with van der Waals surface area (Å²) in [5.74, 6) is 0. The van der Waals surface area contributed by atoms with Crippen molar-refractivity contribution >= 4 is 16.1 Å². The molecule has 2 amide bonds. The average Bonchev–Trinajstić information content (AvgIpc) is 3.17. The van der Waals surface area contributed by atoms with Crippen molar-refractivity contribution in [3.05, 3.63) is 65.7 Å². The first-order valence-corrected chi connectivity index (χ1v) is 11.1. The summed E-state index contributed by atoms with van der Waals surface area (Å²) in [5.41, 5.74) is 1.93. The van der Waals surface area contributed by atoms with Gasteiger partial charge >= 0.3 is 6.03 Å². The van der Waals surface area contributed by atoms with E-state index < -0.39 is 10.0 Å². The van der Waals surface area contributed by atoms with Crippen LogP contribution in [0, 0.1) is 0 Å². The summed E-state index contributed by atoms with van der Waals surface area (Å²) in [4.78, 5) is 12.5. The van der Waals surface area contributed by atoms with Gasteiger partial charge in [0.2, 0.25) is 10.0 Å². The van der Waals surface area contributed by atoms with Gasteiger partial charge in [0.25, 0.3) is 0 Å². The Balaban J connectivity index is 1.64. The van der Waals surface area contributed by atoms with E-state index in [9.17, 15) is 13.2 Å². The highest BCUT2D eigenvalue weighted by Crippen LogP contribution is 2.40. The van der Waals surface area contributed by atoms with Crippen molar-refractivity contribution in [1.29, 1.82) is 0 Å². The SMILES string of the molecule is CC(NC(=O)NCC1(c2ccccc2)CCCC1)c1cccc(S(N)(=O)=O)c1. The summed E-state index contributed by atoms with van der Waals surface area (Å²) in [7, 11) is -3.78. The van der Waals surface area contributed by atoms with Crippen LogP contribution in [0.1, 0.15) is 49.8 Å². The second-order valence-corrected chi connectivity index (χ2v) is 9.08. The number of nitrogens with two attached hydrogens (primary N) is 1. The maximum atomic E-state index is 12.5. The Hall–Kier alpha value is -2.38. The molecular formula is C21H27N3O3S. The van der Waals surface area contributed by atoms with Crippen molar-refractivity contribution in [1.82, 2.24) is 10.6 Å². The maximum Gasteiger partial charge on any atom is 0.315 e. The number of primary sulfonamides is 1. The third-order valence-corrected chi connectivity index (χ3v) is 6.48. The van der Waals surface area contributed by atoms with Crippen LogP contribution in [-0.2, 0) is 15.4 Å². The van der Waals surface area contributed by atoms with Crippen LogP contribution in [0.2, 0.25) is 0 Å². The zero-order valence-electron chi connectivity index (χ0n) is 16.0. The number of rotatable bonds is 6. The lowest BCUT2D eigenvalue weighted by molar-refractivity contribution is 0.234. The molecule has 0 saturated heterocycles. The summed E-state index contributed by atoms with van der Waals surface area (Å²) < 4.78 is 23.1. The number of hydrogen-bond donors (Lipinski definition) is 3. The summed E-state index contributed by atoms with van der Waals surface area (Å²) in [6.07, 6.45) is 4.44. The molecule has 0 aromatic heterocycles. The van der Waals surface area contributed by atoms with Crippen LogP contribution >= 0.6 is 0 Å². The molecule has 0 heterocycles. The lowest BCUT2D eigenvalue weighted by atomic mass is 9.79. The Bertz CT molecular complexity index is 923. The standard InChI is InChI=1S/C21H27N3O3S/c1-16(17-8-7-11-19(14-17)28(22,26)27)24-20(25)23-15-21(12-5-6-13-21)18-9-3-2-4-10-18/h2-4,7-11,14,16H,5-6,12-13,15H2,1H3,(H2,22,26,27)(H2,23,24,25). The van der Waals surface area contributed by atoms with Crippen LogP contribution in [0.25, 0.3) is 0 Å². The Morgan fingerprint density at radius 2 is 1.79 bits per heavy atom. The van der Waals surface area contributed by atoms with Crippen LogP contribution in [0.5, 0.6) is 0 Å². The fourth-order valence-electron chi connectivity index (χ4n) is 3.95. The molecule has 7 heteroatoms. The van der Waals surface area contributed by atoms with Gasteiger partial charge in [-0.25, -0.2) is 18.4 Å². The fraction of sp³-hybridized carbons (Fsp3) is 0.381. The highest BCUT2D eigenvalue weighted by molar-refractivity contribution is 7.89.